The zero-order valence-electron chi connectivity index (χ0n) is 24.9. The van der Waals surface area contributed by atoms with E-state index in [1.165, 1.54) is 6.20 Å². The molecule has 0 saturated carbocycles. The molecule has 2 heterocycles. The number of hydrogen-bond donors (Lipinski definition) is 2. The van der Waals surface area contributed by atoms with Gasteiger partial charge in [0.05, 0.1) is 48.9 Å². The van der Waals surface area contributed by atoms with Crippen LogP contribution in [0.5, 0.6) is 5.75 Å². The summed E-state index contributed by atoms with van der Waals surface area (Å²) in [5.41, 5.74) is 0.552. The van der Waals surface area contributed by atoms with E-state index in [9.17, 15) is 17.6 Å². The molecule has 0 fully saturated rings. The van der Waals surface area contributed by atoms with Gasteiger partial charge in [-0.25, -0.2) is 26.9 Å². The number of nitrogens with one attached hydrogen (secondary N) is 2. The summed E-state index contributed by atoms with van der Waals surface area (Å²) in [7, 11) is -2.29. The molecular formula is C31H34F2N6O4S. The summed E-state index contributed by atoms with van der Waals surface area (Å²) in [4.78, 5) is 19.7. The van der Waals surface area contributed by atoms with Crippen molar-refractivity contribution in [3.63, 3.8) is 0 Å². The molecule has 0 bridgehead atoms. The van der Waals surface area contributed by atoms with Gasteiger partial charge >= 0.3 is 0 Å². The summed E-state index contributed by atoms with van der Waals surface area (Å²) in [6.45, 7) is 8.33. The zero-order chi connectivity index (χ0) is 31.9. The Morgan fingerprint density at radius 2 is 1.82 bits per heavy atom. The van der Waals surface area contributed by atoms with Gasteiger partial charge in [0.1, 0.15) is 22.8 Å². The molecule has 10 nitrogen and oxygen atoms in total. The highest BCUT2D eigenvalue weighted by Crippen LogP contribution is 2.26. The second-order valence-electron chi connectivity index (χ2n) is 9.87. The molecule has 1 amide bonds. The number of ether oxygens (including phenoxy) is 1. The van der Waals surface area contributed by atoms with Crippen LogP contribution in [0.1, 0.15) is 48.8 Å². The lowest BCUT2D eigenvalue weighted by molar-refractivity contribution is 0.101. The molecule has 0 spiro atoms. The smallest absolute Gasteiger partial charge is 0.261 e. The average Bonchev–Trinajstić information content (AvgIpc) is 3.33. The van der Waals surface area contributed by atoms with Crippen molar-refractivity contribution in [3.05, 3.63) is 77.1 Å². The number of nitrogens with zero attached hydrogens (tertiary/aromatic N) is 4. The molecule has 232 valence electrons. The first-order valence-electron chi connectivity index (χ1n) is 14.1. The van der Waals surface area contributed by atoms with Gasteiger partial charge in [-0.2, -0.15) is 5.10 Å². The van der Waals surface area contributed by atoms with E-state index in [0.717, 1.165) is 36.5 Å². The highest BCUT2D eigenvalue weighted by Gasteiger charge is 2.23. The number of amides is 1. The zero-order valence-corrected chi connectivity index (χ0v) is 25.8. The molecule has 2 N–H and O–H groups in total. The minimum atomic E-state index is -3.88. The maximum atomic E-state index is 15.2. The Hall–Kier alpha value is -4.54. The van der Waals surface area contributed by atoms with E-state index in [1.54, 1.807) is 24.8 Å². The van der Waals surface area contributed by atoms with E-state index >= 15 is 4.39 Å². The summed E-state index contributed by atoms with van der Waals surface area (Å²) in [5, 5.41) is 7.68. The number of pyridine rings is 1. The lowest BCUT2D eigenvalue weighted by Crippen LogP contribution is -2.22. The van der Waals surface area contributed by atoms with E-state index < -0.39 is 38.8 Å². The van der Waals surface area contributed by atoms with Crippen LogP contribution in [0.15, 0.2) is 48.7 Å². The first-order valence-corrected chi connectivity index (χ1v) is 15.7. The van der Waals surface area contributed by atoms with Gasteiger partial charge in [0.25, 0.3) is 5.91 Å². The van der Waals surface area contributed by atoms with E-state index in [2.05, 4.69) is 36.9 Å². The Balaban J connectivity index is 1.68. The van der Waals surface area contributed by atoms with E-state index in [1.807, 2.05) is 38.1 Å². The van der Waals surface area contributed by atoms with Gasteiger partial charge in [-0.05, 0) is 61.3 Å². The number of aromatic nitrogens is 3. The number of rotatable bonds is 12. The van der Waals surface area contributed by atoms with Gasteiger partial charge < -0.3 is 10.1 Å². The molecule has 4 aromatic rings. The predicted octanol–water partition coefficient (Wildman–Crippen LogP) is 4.86. The van der Waals surface area contributed by atoms with Gasteiger partial charge in [0.15, 0.2) is 11.5 Å². The van der Waals surface area contributed by atoms with Crippen molar-refractivity contribution in [1.29, 1.82) is 0 Å². The number of benzene rings is 2. The topological polar surface area (TPSA) is 118 Å². The summed E-state index contributed by atoms with van der Waals surface area (Å²) < 4.78 is 63.2. The first-order chi connectivity index (χ1) is 21.1. The third-order valence-electron chi connectivity index (χ3n) is 6.80. The summed E-state index contributed by atoms with van der Waals surface area (Å²) in [6, 6.07) is 10.9. The molecule has 44 heavy (non-hydrogen) atoms. The number of carbonyl (C=O) groups is 1. The van der Waals surface area contributed by atoms with Crippen LogP contribution in [-0.4, -0.2) is 66.5 Å². The van der Waals surface area contributed by atoms with Gasteiger partial charge in [0, 0.05) is 0 Å². The molecule has 0 aliphatic carbocycles. The maximum Gasteiger partial charge on any atom is 0.261 e. The van der Waals surface area contributed by atoms with Gasteiger partial charge in [-0.3, -0.25) is 14.4 Å². The highest BCUT2D eigenvalue weighted by molar-refractivity contribution is 7.92. The number of methoxy groups -OCH3 is 1. The van der Waals surface area contributed by atoms with Crippen molar-refractivity contribution in [1.82, 2.24) is 19.7 Å². The molecule has 2 aromatic heterocycles. The van der Waals surface area contributed by atoms with Crippen LogP contribution in [0.25, 0.3) is 11.0 Å². The fourth-order valence-electron chi connectivity index (χ4n) is 4.44. The fourth-order valence-corrected chi connectivity index (χ4v) is 5.57. The van der Waals surface area contributed by atoms with Gasteiger partial charge in [0.2, 0.25) is 10.0 Å². The lowest BCUT2D eigenvalue weighted by atomic mass is 10.1. The summed E-state index contributed by atoms with van der Waals surface area (Å²) in [6.07, 6.45) is 1.64. The molecule has 0 aliphatic heterocycles. The third kappa shape index (κ3) is 7.69. The lowest BCUT2D eigenvalue weighted by Gasteiger charge is -2.13. The fraction of sp³-hybridized carbons (Fsp3) is 0.323. The number of halogens is 2. The van der Waals surface area contributed by atoms with Crippen LogP contribution < -0.4 is 14.8 Å². The molecule has 0 atom stereocenters. The van der Waals surface area contributed by atoms with Crippen LogP contribution >= 0.6 is 0 Å². The largest absolute Gasteiger partial charge is 0.497 e. The van der Waals surface area contributed by atoms with Crippen LogP contribution in [-0.2, 0) is 16.6 Å². The first kappa shape index (κ1) is 32.4. The van der Waals surface area contributed by atoms with Crippen LogP contribution in [0.4, 0.5) is 20.2 Å². The predicted molar refractivity (Wildman–Crippen MR) is 166 cm³/mol. The van der Waals surface area contributed by atoms with E-state index in [-0.39, 0.29) is 11.4 Å². The Kier molecular flexibility index (Phi) is 10.5. The summed E-state index contributed by atoms with van der Waals surface area (Å²) >= 11 is 0. The Bertz CT molecular complexity index is 1810. The monoisotopic (exact) mass is 624 g/mol. The molecule has 4 rings (SSSR count). The number of anilines is 2. The van der Waals surface area contributed by atoms with E-state index in [0.29, 0.717) is 36.2 Å². The average molecular weight is 625 g/mol. The summed E-state index contributed by atoms with van der Waals surface area (Å²) in [5.74, 6) is 3.10. The number of carbonyl (C=O) groups excluding carboxylic acids is 1. The highest BCUT2D eigenvalue weighted by atomic mass is 32.2. The van der Waals surface area contributed by atoms with E-state index in [4.69, 9.17) is 4.74 Å². The van der Waals surface area contributed by atoms with Crippen molar-refractivity contribution in [2.75, 3.05) is 42.5 Å². The maximum absolute atomic E-state index is 15.2. The molecule has 2 aromatic carbocycles. The Morgan fingerprint density at radius 3 is 2.48 bits per heavy atom. The number of hydrogen-bond acceptors (Lipinski definition) is 7. The normalized spacial score (nSPS) is 11.3. The molecule has 0 aliphatic rings. The molecule has 13 heteroatoms. The van der Waals surface area contributed by atoms with Crippen LogP contribution in [0.2, 0.25) is 0 Å². The molecule has 0 saturated heterocycles. The molecule has 0 radical (unpaired) electrons. The third-order valence-corrected chi connectivity index (χ3v) is 8.27. The Labute approximate surface area is 255 Å². The SMILES string of the molecule is CCCS(=O)(=O)Nc1ccc(F)c(C(=O)Nc2cnc3c(c2)c(C#CCN(CC)CC)nn3Cc2ccc(OC)cc2)c1F. The molecular weight excluding hydrogens is 590 g/mol. The van der Waals surface area contributed by atoms with Crippen LogP contribution in [0, 0.1) is 23.5 Å². The van der Waals surface area contributed by atoms with Crippen molar-refractivity contribution in [2.45, 2.75) is 33.7 Å². The minimum absolute atomic E-state index is 0.147. The number of fused-ring (bicyclic) bond motifs is 1. The van der Waals surface area contributed by atoms with Crippen LogP contribution in [0.3, 0.4) is 0 Å². The minimum Gasteiger partial charge on any atom is -0.497 e. The second kappa shape index (κ2) is 14.3. The van der Waals surface area contributed by atoms with Crippen molar-refractivity contribution in [3.8, 4) is 17.6 Å². The molecule has 0 unspecified atom stereocenters. The number of sulfonamides is 1. The van der Waals surface area contributed by atoms with Gasteiger partial charge in [-0.1, -0.05) is 38.8 Å². The van der Waals surface area contributed by atoms with Crippen molar-refractivity contribution >= 4 is 38.3 Å². The standard InChI is InChI=1S/C31H34F2N6O4S/c1-5-17-44(41,42)37-27-15-14-25(32)28(29(27)33)31(40)35-22-18-24-26(9-8-16-38(6-2)7-3)36-39(30(24)34-19-22)20-21-10-12-23(43-4)13-11-21/h10-15,18-19,37H,5-7,16-17,20H2,1-4H3,(H,35,40). The van der Waals surface area contributed by atoms with Crippen molar-refractivity contribution < 1.29 is 26.7 Å². The Morgan fingerprint density at radius 1 is 1.09 bits per heavy atom. The van der Waals surface area contributed by atoms with Crippen molar-refractivity contribution in [2.24, 2.45) is 0 Å². The quantitative estimate of drug-likeness (QED) is 0.216. The second-order valence-corrected chi connectivity index (χ2v) is 11.7. The van der Waals surface area contributed by atoms with Gasteiger partial charge in [-0.15, -0.1) is 0 Å².